The SMILES string of the molecule is CC(C)(C)c1cc2c(cc1C(C)(C)C)=c1c(c(C3=CC=CC3)c(C(C)(C)C)c(C(C)(C)C)c1=C(c1cccc(Br)c1)c1cccc(Br)c1)[C]=2. The molecule has 2 aliphatic carbocycles. The molecule has 2 aliphatic rings. The number of hydrogen-bond acceptors (Lipinski definition) is 0. The van der Waals surface area contributed by atoms with Crippen LogP contribution >= 0.6 is 31.9 Å². The molecule has 0 spiro atoms. The van der Waals surface area contributed by atoms with Gasteiger partial charge in [-0.3, -0.25) is 0 Å². The molecule has 0 amide bonds. The van der Waals surface area contributed by atoms with Crippen molar-refractivity contribution in [3.63, 3.8) is 0 Å². The summed E-state index contributed by atoms with van der Waals surface area (Å²) in [5.74, 6) is 0. The maximum Gasteiger partial charge on any atom is 0.0181 e. The smallest absolute Gasteiger partial charge is 0.0181 e. The quantitative estimate of drug-likeness (QED) is 0.171. The van der Waals surface area contributed by atoms with E-state index in [1.807, 2.05) is 0 Å². The lowest BCUT2D eigenvalue weighted by molar-refractivity contribution is 0.524. The molecule has 0 N–H and O–H groups in total. The first-order chi connectivity index (χ1) is 22.7. The zero-order chi connectivity index (χ0) is 35.8. The molecule has 0 heterocycles. The molecule has 0 unspecified atom stereocenters. The fourth-order valence-electron chi connectivity index (χ4n) is 7.88. The van der Waals surface area contributed by atoms with Crippen LogP contribution in [0, 0.1) is 10.4 Å². The Morgan fingerprint density at radius 1 is 0.633 bits per heavy atom. The van der Waals surface area contributed by atoms with E-state index in [4.69, 9.17) is 0 Å². The van der Waals surface area contributed by atoms with E-state index in [-0.39, 0.29) is 21.7 Å². The summed E-state index contributed by atoms with van der Waals surface area (Å²) < 4.78 is 2.15. The molecule has 4 aromatic carbocycles. The molecule has 0 nitrogen and oxygen atoms in total. The second-order valence-electron chi connectivity index (χ2n) is 18.0. The van der Waals surface area contributed by atoms with Crippen LogP contribution in [0.5, 0.6) is 0 Å². The Kier molecular flexibility index (Phi) is 9.06. The van der Waals surface area contributed by atoms with Gasteiger partial charge in [-0.25, -0.2) is 0 Å². The van der Waals surface area contributed by atoms with Gasteiger partial charge < -0.3 is 0 Å². The third kappa shape index (κ3) is 6.65. The molecule has 0 aromatic heterocycles. The number of benzene rings is 4. The Morgan fingerprint density at radius 3 is 1.61 bits per heavy atom. The summed E-state index contributed by atoms with van der Waals surface area (Å²) in [7, 11) is 0. The zero-order valence-electron chi connectivity index (χ0n) is 31.5. The summed E-state index contributed by atoms with van der Waals surface area (Å²) in [5.41, 5.74) is 13.0. The molecule has 1 radical (unpaired) electrons. The maximum atomic E-state index is 4.13. The summed E-state index contributed by atoms with van der Waals surface area (Å²) in [6.07, 6.45) is 11.9. The van der Waals surface area contributed by atoms with Gasteiger partial charge in [0.05, 0.1) is 0 Å². The Morgan fingerprint density at radius 2 is 1.16 bits per heavy atom. The van der Waals surface area contributed by atoms with E-state index in [2.05, 4.69) is 200 Å². The van der Waals surface area contributed by atoms with Crippen LogP contribution in [0.25, 0.3) is 17.2 Å². The van der Waals surface area contributed by atoms with Crippen LogP contribution in [0.4, 0.5) is 0 Å². The fraction of sp³-hybridized carbons (Fsp3) is 0.362. The van der Waals surface area contributed by atoms with Gasteiger partial charge >= 0.3 is 0 Å². The van der Waals surface area contributed by atoms with E-state index in [0.717, 1.165) is 15.4 Å². The molecule has 0 saturated carbocycles. The third-order valence-corrected chi connectivity index (χ3v) is 10.9. The second-order valence-corrected chi connectivity index (χ2v) is 19.9. The van der Waals surface area contributed by atoms with Crippen molar-refractivity contribution < 1.29 is 0 Å². The van der Waals surface area contributed by atoms with Gasteiger partial charge in [0, 0.05) is 8.95 Å². The minimum Gasteiger partial charge on any atom is -0.0801 e. The van der Waals surface area contributed by atoms with Gasteiger partial charge in [-0.2, -0.15) is 0 Å². The molecule has 2 heteroatoms. The molecule has 253 valence electrons. The molecular formula is C47H51Br2. The molecule has 6 rings (SSSR count). The molecule has 49 heavy (non-hydrogen) atoms. The highest BCUT2D eigenvalue weighted by Gasteiger charge is 2.35. The standard InChI is InChI=1S/C47H51Br2/c1-44(2,3)36-26-31-25-35-39(28-17-13-14-18-28)42(46(7,8)9)43(47(10,11)12)41(40(35)34(31)27-37(36)45(4,5)6)38(29-19-15-21-32(48)23-29)30-20-16-22-33(49)24-30/h13-17,19-24,26-27H,18H2,1-12H3. The Balaban J connectivity index is 2.09. The first-order valence-electron chi connectivity index (χ1n) is 17.6. The predicted octanol–water partition coefficient (Wildman–Crippen LogP) is 12.3. The molecular weight excluding hydrogens is 724 g/mol. The van der Waals surface area contributed by atoms with Crippen LogP contribution in [-0.2, 0) is 21.7 Å². The van der Waals surface area contributed by atoms with E-state index < -0.39 is 0 Å². The van der Waals surface area contributed by atoms with Crippen molar-refractivity contribution >= 4 is 49.1 Å². The third-order valence-electron chi connectivity index (χ3n) is 9.87. The van der Waals surface area contributed by atoms with Gasteiger partial charge in [0.1, 0.15) is 0 Å². The molecule has 0 saturated heterocycles. The predicted molar refractivity (Wildman–Crippen MR) is 219 cm³/mol. The van der Waals surface area contributed by atoms with Crippen LogP contribution in [-0.4, -0.2) is 0 Å². The van der Waals surface area contributed by atoms with Crippen LogP contribution in [0.15, 0.2) is 87.8 Å². The van der Waals surface area contributed by atoms with Crippen molar-refractivity contribution in [1.29, 1.82) is 0 Å². The average molecular weight is 776 g/mol. The largest absolute Gasteiger partial charge is 0.0801 e. The van der Waals surface area contributed by atoms with Crippen LogP contribution < -0.4 is 10.4 Å². The lowest BCUT2D eigenvalue weighted by Gasteiger charge is -2.35. The first kappa shape index (κ1) is 35.9. The van der Waals surface area contributed by atoms with Crippen molar-refractivity contribution in [2.75, 3.05) is 0 Å². The number of hydrogen-bond donors (Lipinski definition) is 0. The minimum absolute atomic E-state index is 0.00524. The van der Waals surface area contributed by atoms with Gasteiger partial charge in [0.15, 0.2) is 0 Å². The summed E-state index contributed by atoms with van der Waals surface area (Å²) in [5, 5.41) is 5.14. The number of allylic oxidation sites excluding steroid dienone is 4. The second kappa shape index (κ2) is 12.4. The van der Waals surface area contributed by atoms with Gasteiger partial charge in [-0.05, 0) is 147 Å². The molecule has 0 aliphatic heterocycles. The lowest BCUT2D eigenvalue weighted by Crippen LogP contribution is -2.34. The summed E-state index contributed by atoms with van der Waals surface area (Å²) in [4.78, 5) is 0. The van der Waals surface area contributed by atoms with Gasteiger partial charge in [0.25, 0.3) is 0 Å². The maximum absolute atomic E-state index is 4.13. The number of fused-ring (bicyclic) bond motifs is 2. The van der Waals surface area contributed by atoms with Crippen molar-refractivity contribution in [3.05, 3.63) is 153 Å². The Bertz CT molecular complexity index is 2240. The van der Waals surface area contributed by atoms with E-state index >= 15 is 0 Å². The lowest BCUT2D eigenvalue weighted by atomic mass is 9.68. The molecule has 0 fully saturated rings. The van der Waals surface area contributed by atoms with Crippen LogP contribution in [0.2, 0.25) is 0 Å². The van der Waals surface area contributed by atoms with Gasteiger partial charge in [0.2, 0.25) is 0 Å². The van der Waals surface area contributed by atoms with Crippen LogP contribution in [0.1, 0.15) is 134 Å². The zero-order valence-corrected chi connectivity index (χ0v) is 34.6. The fourth-order valence-corrected chi connectivity index (χ4v) is 8.68. The van der Waals surface area contributed by atoms with Crippen molar-refractivity contribution in [2.45, 2.75) is 111 Å². The summed E-state index contributed by atoms with van der Waals surface area (Å²) >= 11 is 7.69. The molecule has 4 aromatic rings. The molecule has 0 bridgehead atoms. The first-order valence-corrected chi connectivity index (χ1v) is 19.2. The van der Waals surface area contributed by atoms with Crippen molar-refractivity contribution in [3.8, 4) is 0 Å². The summed E-state index contributed by atoms with van der Waals surface area (Å²) in [6, 6.07) is 22.7. The van der Waals surface area contributed by atoms with Crippen molar-refractivity contribution in [1.82, 2.24) is 0 Å². The Hall–Kier alpha value is -2.94. The van der Waals surface area contributed by atoms with E-state index in [1.54, 1.807) is 0 Å². The number of halogens is 2. The van der Waals surface area contributed by atoms with Gasteiger partial charge in [-0.1, -0.05) is 157 Å². The molecule has 0 atom stereocenters. The highest BCUT2D eigenvalue weighted by Crippen LogP contribution is 2.43. The van der Waals surface area contributed by atoms with E-state index in [9.17, 15) is 0 Å². The normalized spacial score (nSPS) is 14.4. The van der Waals surface area contributed by atoms with Crippen molar-refractivity contribution in [2.24, 2.45) is 0 Å². The monoisotopic (exact) mass is 773 g/mol. The van der Waals surface area contributed by atoms with Crippen LogP contribution in [0.3, 0.4) is 0 Å². The average Bonchev–Trinajstić information content (AvgIpc) is 3.63. The highest BCUT2D eigenvalue weighted by molar-refractivity contribution is 9.10. The van der Waals surface area contributed by atoms with Gasteiger partial charge in [-0.15, -0.1) is 0 Å². The van der Waals surface area contributed by atoms with E-state index in [0.29, 0.717) is 0 Å². The topological polar surface area (TPSA) is 0 Å². The Labute approximate surface area is 311 Å². The minimum atomic E-state index is -0.168. The summed E-state index contributed by atoms with van der Waals surface area (Å²) in [6.45, 7) is 28.5. The highest BCUT2D eigenvalue weighted by atomic mass is 79.9. The van der Waals surface area contributed by atoms with E-state index in [1.165, 1.54) is 76.5 Å². The number of rotatable bonds is 3.